The second-order valence-electron chi connectivity index (χ2n) is 6.36. The SMILES string of the molecule is CCc1cccc(C)c1NC(=O)CSc1nnc(COc2ccccc2)n1C. The van der Waals surface area contributed by atoms with Gasteiger partial charge in [0, 0.05) is 12.7 Å². The van der Waals surface area contributed by atoms with Crippen molar-refractivity contribution in [2.75, 3.05) is 11.1 Å². The van der Waals surface area contributed by atoms with Gasteiger partial charge < -0.3 is 14.6 Å². The molecule has 1 aromatic heterocycles. The minimum Gasteiger partial charge on any atom is -0.486 e. The van der Waals surface area contributed by atoms with Gasteiger partial charge in [-0.3, -0.25) is 4.79 Å². The Balaban J connectivity index is 1.56. The summed E-state index contributed by atoms with van der Waals surface area (Å²) in [6.45, 7) is 4.41. The Kier molecular flexibility index (Phi) is 6.71. The van der Waals surface area contributed by atoms with Crippen LogP contribution in [0.15, 0.2) is 53.7 Å². The number of ether oxygens (including phenoxy) is 1. The van der Waals surface area contributed by atoms with E-state index < -0.39 is 0 Å². The number of carbonyl (C=O) groups excluding carboxylic acids is 1. The summed E-state index contributed by atoms with van der Waals surface area (Å²) in [6, 6.07) is 15.6. The van der Waals surface area contributed by atoms with Crippen LogP contribution in [0.4, 0.5) is 5.69 Å². The monoisotopic (exact) mass is 396 g/mol. The quantitative estimate of drug-likeness (QED) is 0.583. The van der Waals surface area contributed by atoms with Gasteiger partial charge in [-0.2, -0.15) is 0 Å². The van der Waals surface area contributed by atoms with Crippen molar-refractivity contribution in [2.45, 2.75) is 32.0 Å². The molecule has 0 spiro atoms. The van der Waals surface area contributed by atoms with E-state index in [1.165, 1.54) is 11.8 Å². The Morgan fingerprint density at radius 2 is 1.93 bits per heavy atom. The zero-order valence-corrected chi connectivity index (χ0v) is 17.1. The molecule has 0 radical (unpaired) electrons. The molecule has 6 nitrogen and oxygen atoms in total. The molecule has 0 fully saturated rings. The van der Waals surface area contributed by atoms with Crippen LogP contribution in [-0.2, 0) is 24.9 Å². The maximum absolute atomic E-state index is 12.4. The molecule has 0 saturated heterocycles. The lowest BCUT2D eigenvalue weighted by atomic mass is 10.1. The molecule has 1 N–H and O–H groups in total. The Morgan fingerprint density at radius 3 is 2.68 bits per heavy atom. The summed E-state index contributed by atoms with van der Waals surface area (Å²) in [4.78, 5) is 12.4. The number of amides is 1. The van der Waals surface area contributed by atoms with Crippen LogP contribution in [-0.4, -0.2) is 26.4 Å². The van der Waals surface area contributed by atoms with E-state index in [-0.39, 0.29) is 11.7 Å². The first kappa shape index (κ1) is 19.9. The fourth-order valence-electron chi connectivity index (χ4n) is 2.77. The first-order chi connectivity index (χ1) is 13.6. The molecule has 0 saturated carbocycles. The normalized spacial score (nSPS) is 10.7. The van der Waals surface area contributed by atoms with Gasteiger partial charge in [-0.15, -0.1) is 10.2 Å². The molecule has 1 heterocycles. The number of thioether (sulfide) groups is 1. The van der Waals surface area contributed by atoms with Crippen molar-refractivity contribution < 1.29 is 9.53 Å². The fraction of sp³-hybridized carbons (Fsp3) is 0.286. The van der Waals surface area contributed by atoms with Gasteiger partial charge in [-0.05, 0) is 36.6 Å². The average Bonchev–Trinajstić information content (AvgIpc) is 3.06. The van der Waals surface area contributed by atoms with Gasteiger partial charge in [0.2, 0.25) is 5.91 Å². The molecule has 0 atom stereocenters. The maximum atomic E-state index is 12.4. The highest BCUT2D eigenvalue weighted by Crippen LogP contribution is 2.22. The van der Waals surface area contributed by atoms with Gasteiger partial charge in [0.15, 0.2) is 11.0 Å². The fourth-order valence-corrected chi connectivity index (χ4v) is 3.50. The van der Waals surface area contributed by atoms with E-state index in [9.17, 15) is 4.79 Å². The van der Waals surface area contributed by atoms with Crippen LogP contribution in [0, 0.1) is 6.92 Å². The predicted molar refractivity (Wildman–Crippen MR) is 112 cm³/mol. The van der Waals surface area contributed by atoms with Crippen molar-refractivity contribution >= 4 is 23.4 Å². The molecule has 0 aliphatic heterocycles. The van der Waals surface area contributed by atoms with Crippen LogP contribution < -0.4 is 10.1 Å². The maximum Gasteiger partial charge on any atom is 0.234 e. The Labute approximate surface area is 169 Å². The third-order valence-electron chi connectivity index (χ3n) is 4.37. The van der Waals surface area contributed by atoms with Gasteiger partial charge in [-0.25, -0.2) is 0 Å². The van der Waals surface area contributed by atoms with Gasteiger partial charge in [0.05, 0.1) is 5.75 Å². The number of hydrogen-bond acceptors (Lipinski definition) is 5. The van der Waals surface area contributed by atoms with Crippen molar-refractivity contribution in [3.05, 3.63) is 65.5 Å². The van der Waals surface area contributed by atoms with Gasteiger partial charge in [0.25, 0.3) is 0 Å². The molecule has 1 amide bonds. The number of aromatic nitrogens is 3. The van der Waals surface area contributed by atoms with E-state index in [0.29, 0.717) is 17.6 Å². The number of rotatable bonds is 8. The van der Waals surface area contributed by atoms with E-state index in [1.54, 1.807) is 0 Å². The summed E-state index contributed by atoms with van der Waals surface area (Å²) in [5.74, 6) is 1.70. The summed E-state index contributed by atoms with van der Waals surface area (Å²) < 4.78 is 7.57. The van der Waals surface area contributed by atoms with Crippen molar-refractivity contribution in [3.8, 4) is 5.75 Å². The number of para-hydroxylation sites is 2. The number of anilines is 1. The second kappa shape index (κ2) is 9.41. The molecule has 146 valence electrons. The zero-order chi connectivity index (χ0) is 19.9. The highest BCUT2D eigenvalue weighted by atomic mass is 32.2. The summed E-state index contributed by atoms with van der Waals surface area (Å²) in [5.41, 5.74) is 3.11. The second-order valence-corrected chi connectivity index (χ2v) is 7.30. The van der Waals surface area contributed by atoms with Crippen LogP contribution >= 0.6 is 11.8 Å². The average molecular weight is 397 g/mol. The Bertz CT molecular complexity index is 941. The predicted octanol–water partition coefficient (Wildman–Crippen LogP) is 4.00. The highest BCUT2D eigenvalue weighted by Gasteiger charge is 2.13. The number of benzene rings is 2. The van der Waals surface area contributed by atoms with Crippen LogP contribution in [0.25, 0.3) is 0 Å². The summed E-state index contributed by atoms with van der Waals surface area (Å²) in [7, 11) is 1.88. The van der Waals surface area contributed by atoms with Crippen molar-refractivity contribution in [1.82, 2.24) is 14.8 Å². The summed E-state index contributed by atoms with van der Waals surface area (Å²) in [6.07, 6.45) is 0.874. The van der Waals surface area contributed by atoms with Crippen molar-refractivity contribution in [3.63, 3.8) is 0 Å². The lowest BCUT2D eigenvalue weighted by Gasteiger charge is -2.12. The number of carbonyl (C=O) groups is 1. The minimum absolute atomic E-state index is 0.0564. The first-order valence-corrected chi connectivity index (χ1v) is 10.1. The molecular weight excluding hydrogens is 372 g/mol. The van der Waals surface area contributed by atoms with Crippen LogP contribution in [0.3, 0.4) is 0 Å². The molecule has 28 heavy (non-hydrogen) atoms. The van der Waals surface area contributed by atoms with E-state index >= 15 is 0 Å². The summed E-state index contributed by atoms with van der Waals surface area (Å²) in [5, 5.41) is 12.1. The minimum atomic E-state index is -0.0564. The Morgan fingerprint density at radius 1 is 1.14 bits per heavy atom. The van der Waals surface area contributed by atoms with Gasteiger partial charge in [0.1, 0.15) is 12.4 Å². The summed E-state index contributed by atoms with van der Waals surface area (Å²) >= 11 is 1.36. The highest BCUT2D eigenvalue weighted by molar-refractivity contribution is 7.99. The number of nitrogens with zero attached hydrogens (tertiary/aromatic N) is 3. The lowest BCUT2D eigenvalue weighted by Crippen LogP contribution is -2.16. The van der Waals surface area contributed by atoms with Crippen LogP contribution in [0.5, 0.6) is 5.75 Å². The van der Waals surface area contributed by atoms with Crippen molar-refractivity contribution in [2.24, 2.45) is 7.05 Å². The molecule has 0 bridgehead atoms. The zero-order valence-electron chi connectivity index (χ0n) is 16.3. The standard InChI is InChI=1S/C21H24N4O2S/c1-4-16-10-8-9-15(2)20(16)22-19(26)14-28-21-24-23-18(25(21)3)13-27-17-11-6-5-7-12-17/h5-12H,4,13-14H2,1-3H3,(H,22,26). The van der Waals surface area contributed by atoms with Crippen molar-refractivity contribution in [1.29, 1.82) is 0 Å². The number of nitrogens with one attached hydrogen (secondary N) is 1. The molecule has 0 aliphatic carbocycles. The molecule has 2 aromatic carbocycles. The number of aryl methyl sites for hydroxylation is 2. The first-order valence-electron chi connectivity index (χ1n) is 9.15. The van der Waals surface area contributed by atoms with E-state index in [2.05, 4.69) is 22.4 Å². The van der Waals surface area contributed by atoms with Crippen LogP contribution in [0.1, 0.15) is 23.9 Å². The smallest absolute Gasteiger partial charge is 0.234 e. The topological polar surface area (TPSA) is 69.0 Å². The van der Waals surface area contributed by atoms with Gasteiger partial charge in [-0.1, -0.05) is 55.1 Å². The van der Waals surface area contributed by atoms with E-state index in [4.69, 9.17) is 4.74 Å². The molecule has 3 aromatic rings. The van der Waals surface area contributed by atoms with Crippen LogP contribution in [0.2, 0.25) is 0 Å². The van der Waals surface area contributed by atoms with E-state index in [0.717, 1.165) is 29.0 Å². The van der Waals surface area contributed by atoms with E-state index in [1.807, 2.05) is 67.1 Å². The molecular formula is C21H24N4O2S. The van der Waals surface area contributed by atoms with Gasteiger partial charge >= 0.3 is 0 Å². The molecule has 0 aliphatic rings. The molecule has 3 rings (SSSR count). The number of hydrogen-bond donors (Lipinski definition) is 1. The lowest BCUT2D eigenvalue weighted by molar-refractivity contribution is -0.113. The molecule has 7 heteroatoms. The third-order valence-corrected chi connectivity index (χ3v) is 5.39. The Hall–Kier alpha value is -2.80. The third kappa shape index (κ3) is 4.92. The molecule has 0 unspecified atom stereocenters. The largest absolute Gasteiger partial charge is 0.486 e.